The van der Waals surface area contributed by atoms with Crippen LogP contribution in [0, 0.1) is 17.1 Å². The van der Waals surface area contributed by atoms with Crippen molar-refractivity contribution in [1.82, 2.24) is 4.90 Å². The second-order valence-corrected chi connectivity index (χ2v) is 4.72. The highest BCUT2D eigenvalue weighted by Gasteiger charge is 2.15. The molecular weight excluding hydrogens is 245 g/mol. The number of aliphatic hydroxyl groups excluding tert-OH is 1. The lowest BCUT2D eigenvalue weighted by atomic mass is 10.2. The standard InChI is InChI=1S/C14H18FN3O/c15-13-8-12(11-16)9-14(10-13)18-3-1-2-17(4-5-18)6-7-19/h8-10,19H,1-7H2. The van der Waals surface area contributed by atoms with Crippen LogP contribution in [0.25, 0.3) is 0 Å². The fraction of sp³-hybridized carbons (Fsp3) is 0.500. The van der Waals surface area contributed by atoms with Gasteiger partial charge in [0.15, 0.2) is 0 Å². The van der Waals surface area contributed by atoms with Crippen molar-refractivity contribution in [3.05, 3.63) is 29.6 Å². The summed E-state index contributed by atoms with van der Waals surface area (Å²) in [7, 11) is 0. The summed E-state index contributed by atoms with van der Waals surface area (Å²) in [5, 5.41) is 17.8. The van der Waals surface area contributed by atoms with Crippen LogP contribution in [0.1, 0.15) is 12.0 Å². The molecule has 0 saturated carbocycles. The maximum absolute atomic E-state index is 13.4. The van der Waals surface area contributed by atoms with E-state index in [1.165, 1.54) is 12.1 Å². The Hall–Kier alpha value is -1.64. The number of halogens is 1. The number of nitrogens with zero attached hydrogens (tertiary/aromatic N) is 3. The van der Waals surface area contributed by atoms with Crippen molar-refractivity contribution in [2.24, 2.45) is 0 Å². The molecule has 1 heterocycles. The van der Waals surface area contributed by atoms with E-state index in [4.69, 9.17) is 10.4 Å². The van der Waals surface area contributed by atoms with Gasteiger partial charge in [0.1, 0.15) is 5.82 Å². The van der Waals surface area contributed by atoms with E-state index in [0.717, 1.165) is 38.3 Å². The molecule has 1 aromatic rings. The van der Waals surface area contributed by atoms with Gasteiger partial charge >= 0.3 is 0 Å². The van der Waals surface area contributed by atoms with Crippen LogP contribution < -0.4 is 4.90 Å². The van der Waals surface area contributed by atoms with E-state index in [9.17, 15) is 4.39 Å². The Kier molecular flexibility index (Phi) is 4.72. The van der Waals surface area contributed by atoms with Gasteiger partial charge in [0.25, 0.3) is 0 Å². The SMILES string of the molecule is N#Cc1cc(F)cc(N2CCCN(CCO)CC2)c1. The van der Waals surface area contributed by atoms with E-state index in [1.807, 2.05) is 6.07 Å². The zero-order valence-corrected chi connectivity index (χ0v) is 10.8. The van der Waals surface area contributed by atoms with Crippen LogP contribution in [0.15, 0.2) is 18.2 Å². The number of aliphatic hydroxyl groups is 1. The minimum Gasteiger partial charge on any atom is -0.395 e. The lowest BCUT2D eigenvalue weighted by Crippen LogP contribution is -2.32. The van der Waals surface area contributed by atoms with Gasteiger partial charge in [-0.2, -0.15) is 5.26 Å². The van der Waals surface area contributed by atoms with Crippen molar-refractivity contribution in [3.8, 4) is 6.07 Å². The molecule has 4 nitrogen and oxygen atoms in total. The molecule has 2 rings (SSSR count). The van der Waals surface area contributed by atoms with Crippen LogP contribution in [-0.2, 0) is 0 Å². The van der Waals surface area contributed by atoms with Gasteiger partial charge in [-0.3, -0.25) is 4.90 Å². The molecule has 1 aliphatic heterocycles. The van der Waals surface area contributed by atoms with Gasteiger partial charge in [-0.25, -0.2) is 4.39 Å². The third-order valence-corrected chi connectivity index (χ3v) is 3.38. The average Bonchev–Trinajstić information content (AvgIpc) is 2.64. The second kappa shape index (κ2) is 6.50. The Bertz CT molecular complexity index is 472. The number of nitriles is 1. The Morgan fingerprint density at radius 2 is 2.05 bits per heavy atom. The van der Waals surface area contributed by atoms with Gasteiger partial charge in [0.05, 0.1) is 18.2 Å². The van der Waals surface area contributed by atoms with Crippen LogP contribution in [0.3, 0.4) is 0 Å². The van der Waals surface area contributed by atoms with Crippen molar-refractivity contribution in [1.29, 1.82) is 5.26 Å². The van der Waals surface area contributed by atoms with E-state index in [2.05, 4.69) is 9.80 Å². The lowest BCUT2D eigenvalue weighted by molar-refractivity contribution is 0.204. The van der Waals surface area contributed by atoms with Crippen LogP contribution in [0.4, 0.5) is 10.1 Å². The third-order valence-electron chi connectivity index (χ3n) is 3.38. The van der Waals surface area contributed by atoms with E-state index >= 15 is 0 Å². The minimum absolute atomic E-state index is 0.165. The molecule has 1 saturated heterocycles. The van der Waals surface area contributed by atoms with E-state index in [0.29, 0.717) is 12.1 Å². The first-order chi connectivity index (χ1) is 9.22. The van der Waals surface area contributed by atoms with Gasteiger partial charge in [-0.05, 0) is 31.2 Å². The smallest absolute Gasteiger partial charge is 0.126 e. The Balaban J connectivity index is 2.10. The zero-order valence-electron chi connectivity index (χ0n) is 10.8. The maximum atomic E-state index is 13.4. The molecule has 0 spiro atoms. The molecule has 0 bridgehead atoms. The summed E-state index contributed by atoms with van der Waals surface area (Å²) in [6, 6.07) is 6.43. The lowest BCUT2D eigenvalue weighted by Gasteiger charge is -2.23. The van der Waals surface area contributed by atoms with Crippen LogP contribution in [-0.4, -0.2) is 49.3 Å². The molecule has 0 aliphatic carbocycles. The summed E-state index contributed by atoms with van der Waals surface area (Å²) in [6.07, 6.45) is 0.971. The number of hydrogen-bond acceptors (Lipinski definition) is 4. The quantitative estimate of drug-likeness (QED) is 0.890. The third kappa shape index (κ3) is 3.66. The van der Waals surface area contributed by atoms with E-state index in [-0.39, 0.29) is 12.4 Å². The largest absolute Gasteiger partial charge is 0.395 e. The van der Waals surface area contributed by atoms with Crippen molar-refractivity contribution in [3.63, 3.8) is 0 Å². The predicted octanol–water partition coefficient (Wildman–Crippen LogP) is 1.20. The first-order valence-corrected chi connectivity index (χ1v) is 6.52. The van der Waals surface area contributed by atoms with Gasteiger partial charge in [-0.15, -0.1) is 0 Å². The highest BCUT2D eigenvalue weighted by molar-refractivity contribution is 5.52. The van der Waals surface area contributed by atoms with Crippen LogP contribution >= 0.6 is 0 Å². The summed E-state index contributed by atoms with van der Waals surface area (Å²) >= 11 is 0. The highest BCUT2D eigenvalue weighted by atomic mass is 19.1. The van der Waals surface area contributed by atoms with E-state index in [1.54, 1.807) is 6.07 Å². The highest BCUT2D eigenvalue weighted by Crippen LogP contribution is 2.20. The number of benzene rings is 1. The molecule has 0 amide bonds. The number of rotatable bonds is 3. The molecule has 0 aromatic heterocycles. The molecule has 0 atom stereocenters. The van der Waals surface area contributed by atoms with E-state index < -0.39 is 0 Å². The second-order valence-electron chi connectivity index (χ2n) is 4.72. The van der Waals surface area contributed by atoms with Crippen molar-refractivity contribution in [2.45, 2.75) is 6.42 Å². The molecule has 19 heavy (non-hydrogen) atoms. The summed E-state index contributed by atoms with van der Waals surface area (Å²) in [4.78, 5) is 4.30. The fourth-order valence-electron chi connectivity index (χ4n) is 2.42. The molecule has 1 aromatic carbocycles. The monoisotopic (exact) mass is 263 g/mol. The molecular formula is C14H18FN3O. The van der Waals surface area contributed by atoms with Crippen molar-refractivity contribution in [2.75, 3.05) is 44.2 Å². The molecule has 1 N–H and O–H groups in total. The predicted molar refractivity (Wildman–Crippen MR) is 71.5 cm³/mol. The maximum Gasteiger partial charge on any atom is 0.126 e. The zero-order chi connectivity index (χ0) is 13.7. The summed E-state index contributed by atoms with van der Waals surface area (Å²) in [6.45, 7) is 4.26. The first kappa shape index (κ1) is 13.8. The fourth-order valence-corrected chi connectivity index (χ4v) is 2.42. The topological polar surface area (TPSA) is 50.5 Å². The molecule has 1 aliphatic rings. The number of β-amino-alcohol motifs (C(OH)–C–C–N with tert-alkyl or cyclic N) is 1. The summed E-state index contributed by atoms with van der Waals surface area (Å²) < 4.78 is 13.4. The molecule has 102 valence electrons. The first-order valence-electron chi connectivity index (χ1n) is 6.52. The number of hydrogen-bond donors (Lipinski definition) is 1. The summed E-state index contributed by atoms with van der Waals surface area (Å²) in [5.41, 5.74) is 1.12. The van der Waals surface area contributed by atoms with Gasteiger partial charge in [0, 0.05) is 31.9 Å². The van der Waals surface area contributed by atoms with Gasteiger partial charge in [0.2, 0.25) is 0 Å². The Morgan fingerprint density at radius 1 is 1.21 bits per heavy atom. The molecule has 0 radical (unpaired) electrons. The molecule has 1 fully saturated rings. The van der Waals surface area contributed by atoms with Gasteiger partial charge in [-0.1, -0.05) is 0 Å². The average molecular weight is 263 g/mol. The minimum atomic E-state index is -0.370. The van der Waals surface area contributed by atoms with Crippen molar-refractivity contribution >= 4 is 5.69 Å². The van der Waals surface area contributed by atoms with Crippen molar-refractivity contribution < 1.29 is 9.50 Å². The number of anilines is 1. The summed E-state index contributed by atoms with van der Waals surface area (Å²) in [5.74, 6) is -0.370. The van der Waals surface area contributed by atoms with Crippen LogP contribution in [0.2, 0.25) is 0 Å². The Labute approximate surface area is 112 Å². The Morgan fingerprint density at radius 3 is 2.79 bits per heavy atom. The normalized spacial score (nSPS) is 17.0. The molecule has 5 heteroatoms. The molecule has 0 unspecified atom stereocenters. The van der Waals surface area contributed by atoms with Gasteiger partial charge < -0.3 is 10.0 Å². The van der Waals surface area contributed by atoms with Crippen LogP contribution in [0.5, 0.6) is 0 Å².